The average molecular weight is 244 g/mol. The Morgan fingerprint density at radius 3 is 2.30 bits per heavy atom. The van der Waals surface area contributed by atoms with Gasteiger partial charge in [0, 0.05) is 3.57 Å². The van der Waals surface area contributed by atoms with Gasteiger partial charge in [0.1, 0.15) is 0 Å². The Labute approximate surface area is 75.1 Å². The molecule has 0 heterocycles. The van der Waals surface area contributed by atoms with Crippen molar-refractivity contribution in [2.45, 2.75) is 6.92 Å². The SMILES string of the molecule is CC=Cc1ccc(I)cc1. The highest BCUT2D eigenvalue weighted by molar-refractivity contribution is 14.1. The number of hydrogen-bond acceptors (Lipinski definition) is 0. The fourth-order valence-corrected chi connectivity index (χ4v) is 1.13. The lowest BCUT2D eigenvalue weighted by atomic mass is 10.2. The zero-order chi connectivity index (χ0) is 7.40. The van der Waals surface area contributed by atoms with Crippen molar-refractivity contribution in [2.24, 2.45) is 0 Å². The Balaban J connectivity index is 2.89. The molecule has 0 radical (unpaired) electrons. The quantitative estimate of drug-likeness (QED) is 0.664. The molecule has 0 spiro atoms. The Morgan fingerprint density at radius 2 is 1.80 bits per heavy atom. The third-order valence-electron chi connectivity index (χ3n) is 1.23. The molecule has 1 aromatic carbocycles. The maximum absolute atomic E-state index is 2.30. The van der Waals surface area contributed by atoms with Crippen LogP contribution in [-0.2, 0) is 0 Å². The van der Waals surface area contributed by atoms with E-state index in [1.807, 2.05) is 13.0 Å². The van der Waals surface area contributed by atoms with Crippen molar-refractivity contribution in [1.29, 1.82) is 0 Å². The molecule has 0 unspecified atom stereocenters. The zero-order valence-corrected chi connectivity index (χ0v) is 8.00. The highest BCUT2D eigenvalue weighted by Gasteiger charge is 1.84. The van der Waals surface area contributed by atoms with E-state index in [-0.39, 0.29) is 0 Å². The molecule has 0 aliphatic rings. The van der Waals surface area contributed by atoms with E-state index in [0.717, 1.165) is 0 Å². The first kappa shape index (κ1) is 7.79. The number of allylic oxidation sites excluding steroid dienone is 1. The maximum Gasteiger partial charge on any atom is 0.0130 e. The van der Waals surface area contributed by atoms with Crippen LogP contribution in [0.25, 0.3) is 6.08 Å². The third kappa shape index (κ3) is 2.14. The Hall–Kier alpha value is -0.310. The first-order chi connectivity index (χ1) is 4.83. The second-order valence-electron chi connectivity index (χ2n) is 2.05. The summed E-state index contributed by atoms with van der Waals surface area (Å²) in [5, 5.41) is 0. The molecule has 0 saturated carbocycles. The lowest BCUT2D eigenvalue weighted by Crippen LogP contribution is -1.71. The molecular formula is C9H9I. The van der Waals surface area contributed by atoms with Gasteiger partial charge in [0.15, 0.2) is 0 Å². The summed E-state index contributed by atoms with van der Waals surface area (Å²) in [4.78, 5) is 0. The van der Waals surface area contributed by atoms with Gasteiger partial charge in [0.25, 0.3) is 0 Å². The van der Waals surface area contributed by atoms with Gasteiger partial charge in [-0.1, -0.05) is 24.3 Å². The molecule has 0 aromatic heterocycles. The van der Waals surface area contributed by atoms with Crippen LogP contribution in [0.3, 0.4) is 0 Å². The summed E-state index contributed by atoms with van der Waals surface area (Å²) in [6.07, 6.45) is 4.14. The van der Waals surface area contributed by atoms with Gasteiger partial charge in [-0.25, -0.2) is 0 Å². The fraction of sp³-hybridized carbons (Fsp3) is 0.111. The summed E-state index contributed by atoms with van der Waals surface area (Å²) in [6, 6.07) is 8.44. The number of benzene rings is 1. The molecule has 0 bridgehead atoms. The number of halogens is 1. The molecule has 1 heteroatoms. The van der Waals surface area contributed by atoms with E-state index in [4.69, 9.17) is 0 Å². The molecule has 0 nitrogen and oxygen atoms in total. The fourth-order valence-electron chi connectivity index (χ4n) is 0.766. The van der Waals surface area contributed by atoms with Gasteiger partial charge in [-0.2, -0.15) is 0 Å². The van der Waals surface area contributed by atoms with Crippen molar-refractivity contribution < 1.29 is 0 Å². The Kier molecular flexibility index (Phi) is 2.93. The van der Waals surface area contributed by atoms with Crippen LogP contribution in [0.2, 0.25) is 0 Å². The normalized spacial score (nSPS) is 10.6. The van der Waals surface area contributed by atoms with E-state index in [1.54, 1.807) is 0 Å². The molecule has 52 valence electrons. The second-order valence-corrected chi connectivity index (χ2v) is 3.30. The third-order valence-corrected chi connectivity index (χ3v) is 1.95. The van der Waals surface area contributed by atoms with Gasteiger partial charge in [-0.05, 0) is 47.2 Å². The Morgan fingerprint density at radius 1 is 1.20 bits per heavy atom. The van der Waals surface area contributed by atoms with E-state index < -0.39 is 0 Å². The van der Waals surface area contributed by atoms with E-state index in [2.05, 4.69) is 52.9 Å². The van der Waals surface area contributed by atoms with E-state index >= 15 is 0 Å². The molecule has 0 amide bonds. The summed E-state index contributed by atoms with van der Waals surface area (Å²) in [5.74, 6) is 0. The second kappa shape index (κ2) is 3.76. The smallest absolute Gasteiger partial charge is 0.0130 e. The first-order valence-electron chi connectivity index (χ1n) is 3.21. The van der Waals surface area contributed by atoms with E-state index in [1.165, 1.54) is 9.13 Å². The van der Waals surface area contributed by atoms with Gasteiger partial charge in [0.2, 0.25) is 0 Å². The molecular weight excluding hydrogens is 235 g/mol. The highest BCUT2D eigenvalue weighted by Crippen LogP contribution is 2.07. The molecule has 0 aliphatic carbocycles. The average Bonchev–Trinajstić information content (AvgIpc) is 1.95. The summed E-state index contributed by atoms with van der Waals surface area (Å²) in [6.45, 7) is 2.03. The standard InChI is InChI=1S/C9H9I/c1-2-3-8-4-6-9(10)7-5-8/h2-7H,1H3. The van der Waals surface area contributed by atoms with Gasteiger partial charge in [-0.15, -0.1) is 0 Å². The van der Waals surface area contributed by atoms with Crippen LogP contribution in [0.1, 0.15) is 12.5 Å². The summed E-state index contributed by atoms with van der Waals surface area (Å²) < 4.78 is 1.28. The minimum Gasteiger partial charge on any atom is -0.0871 e. The number of hydrogen-bond donors (Lipinski definition) is 0. The molecule has 10 heavy (non-hydrogen) atoms. The highest BCUT2D eigenvalue weighted by atomic mass is 127. The van der Waals surface area contributed by atoms with Crippen molar-refractivity contribution >= 4 is 28.7 Å². The van der Waals surface area contributed by atoms with Gasteiger partial charge in [0.05, 0.1) is 0 Å². The minimum atomic E-state index is 1.27. The van der Waals surface area contributed by atoms with Gasteiger partial charge in [-0.3, -0.25) is 0 Å². The van der Waals surface area contributed by atoms with Gasteiger partial charge < -0.3 is 0 Å². The molecule has 0 aliphatic heterocycles. The molecule has 1 aromatic rings. The zero-order valence-electron chi connectivity index (χ0n) is 5.84. The lowest BCUT2D eigenvalue weighted by molar-refractivity contribution is 1.60. The predicted molar refractivity (Wildman–Crippen MR) is 53.9 cm³/mol. The van der Waals surface area contributed by atoms with Crippen molar-refractivity contribution in [3.05, 3.63) is 39.5 Å². The van der Waals surface area contributed by atoms with Crippen LogP contribution in [-0.4, -0.2) is 0 Å². The van der Waals surface area contributed by atoms with Crippen LogP contribution in [0.4, 0.5) is 0 Å². The first-order valence-corrected chi connectivity index (χ1v) is 4.29. The summed E-state index contributed by atoms with van der Waals surface area (Å²) >= 11 is 2.30. The van der Waals surface area contributed by atoms with Crippen molar-refractivity contribution in [3.63, 3.8) is 0 Å². The number of rotatable bonds is 1. The lowest BCUT2D eigenvalue weighted by Gasteiger charge is -1.91. The molecule has 0 fully saturated rings. The van der Waals surface area contributed by atoms with Crippen molar-refractivity contribution in [3.8, 4) is 0 Å². The topological polar surface area (TPSA) is 0 Å². The minimum absolute atomic E-state index is 1.27. The summed E-state index contributed by atoms with van der Waals surface area (Å²) in [7, 11) is 0. The van der Waals surface area contributed by atoms with Crippen LogP contribution in [0, 0.1) is 3.57 Å². The van der Waals surface area contributed by atoms with Crippen LogP contribution >= 0.6 is 22.6 Å². The Bertz CT molecular complexity index is 221. The van der Waals surface area contributed by atoms with Crippen LogP contribution in [0.5, 0.6) is 0 Å². The van der Waals surface area contributed by atoms with Crippen LogP contribution < -0.4 is 0 Å². The van der Waals surface area contributed by atoms with Crippen molar-refractivity contribution in [2.75, 3.05) is 0 Å². The molecule has 0 saturated heterocycles. The van der Waals surface area contributed by atoms with Crippen molar-refractivity contribution in [1.82, 2.24) is 0 Å². The predicted octanol–water partition coefficient (Wildman–Crippen LogP) is 3.32. The van der Waals surface area contributed by atoms with Crippen LogP contribution in [0.15, 0.2) is 30.3 Å². The largest absolute Gasteiger partial charge is 0.0871 e. The molecule has 0 atom stereocenters. The van der Waals surface area contributed by atoms with E-state index in [0.29, 0.717) is 0 Å². The van der Waals surface area contributed by atoms with E-state index in [9.17, 15) is 0 Å². The molecule has 0 N–H and O–H groups in total. The molecule has 1 rings (SSSR count). The monoisotopic (exact) mass is 244 g/mol. The van der Waals surface area contributed by atoms with Gasteiger partial charge >= 0.3 is 0 Å². The maximum atomic E-state index is 2.30. The summed E-state index contributed by atoms with van der Waals surface area (Å²) in [5.41, 5.74) is 1.27.